The predicted molar refractivity (Wildman–Crippen MR) is 143 cm³/mol. The summed E-state index contributed by atoms with van der Waals surface area (Å²) in [6.07, 6.45) is 0.868. The molecule has 2 heterocycles. The Kier molecular flexibility index (Phi) is 8.13. The van der Waals surface area contributed by atoms with Gasteiger partial charge in [-0.15, -0.1) is 23.2 Å². The van der Waals surface area contributed by atoms with Crippen molar-refractivity contribution in [1.82, 2.24) is 10.2 Å². The normalized spacial score (nSPS) is 23.3. The van der Waals surface area contributed by atoms with Crippen LogP contribution in [0.4, 0.5) is 0 Å². The number of aliphatic hydroxyl groups is 1. The number of benzene rings is 2. The second kappa shape index (κ2) is 11.3. The van der Waals surface area contributed by atoms with Gasteiger partial charge < -0.3 is 20.1 Å². The van der Waals surface area contributed by atoms with Crippen molar-refractivity contribution in [3.8, 4) is 0 Å². The number of ether oxygens (including phenoxy) is 1. The lowest BCUT2D eigenvalue weighted by molar-refractivity contribution is -0.162. The molecule has 0 saturated carbocycles. The van der Waals surface area contributed by atoms with Crippen molar-refractivity contribution < 1.29 is 24.2 Å². The average Bonchev–Trinajstić information content (AvgIpc) is 2.95. The van der Waals surface area contributed by atoms with E-state index in [1.165, 1.54) is 22.7 Å². The average molecular weight is 586 g/mol. The zero-order valence-electron chi connectivity index (χ0n) is 19.6. The van der Waals surface area contributed by atoms with Gasteiger partial charge in [-0.2, -0.15) is 0 Å². The van der Waals surface area contributed by atoms with Crippen LogP contribution in [-0.4, -0.2) is 56.8 Å². The molecule has 3 atom stereocenters. The minimum absolute atomic E-state index is 0.0375. The van der Waals surface area contributed by atoms with E-state index in [0.29, 0.717) is 0 Å². The number of aliphatic hydroxyl groups excluding tert-OH is 1. The highest BCUT2D eigenvalue weighted by Gasteiger charge is 2.57. The molecule has 2 fully saturated rings. The second-order valence-corrected chi connectivity index (χ2v) is 10.3. The molecular formula is C26H24BrN3O6S. The molecule has 2 unspecified atom stereocenters. The van der Waals surface area contributed by atoms with E-state index in [2.05, 4.69) is 33.0 Å². The molecule has 9 nitrogen and oxygen atoms in total. The number of rotatable bonds is 9. The summed E-state index contributed by atoms with van der Waals surface area (Å²) in [6, 6.07) is 17.9. The van der Waals surface area contributed by atoms with Gasteiger partial charge in [0.15, 0.2) is 6.10 Å². The van der Waals surface area contributed by atoms with E-state index in [0.717, 1.165) is 11.1 Å². The molecule has 0 spiro atoms. The number of carbonyl (C=O) groups excluding carboxylic acids is 3. The SMILES string of the molecule is C=CC1(C(=O)OC(c2ccccc2)c2ccccc2)CS[C@@H]2C(NC(=O)C(N=O)=C(O)CBr)C(=O)N2C1. The third-order valence-electron chi connectivity index (χ3n) is 6.33. The van der Waals surface area contributed by atoms with E-state index in [1.54, 1.807) is 0 Å². The number of allylic oxidation sites excluding steroid dienone is 1. The lowest BCUT2D eigenvalue weighted by Gasteiger charge is -2.53. The summed E-state index contributed by atoms with van der Waals surface area (Å²) in [4.78, 5) is 51.3. The monoisotopic (exact) mass is 585 g/mol. The molecule has 0 aliphatic carbocycles. The zero-order valence-corrected chi connectivity index (χ0v) is 22.0. The van der Waals surface area contributed by atoms with Crippen molar-refractivity contribution in [3.63, 3.8) is 0 Å². The highest BCUT2D eigenvalue weighted by atomic mass is 79.9. The zero-order chi connectivity index (χ0) is 26.6. The van der Waals surface area contributed by atoms with Gasteiger partial charge in [-0.25, -0.2) is 0 Å². The van der Waals surface area contributed by atoms with Crippen LogP contribution in [0.3, 0.4) is 0 Å². The van der Waals surface area contributed by atoms with Crippen LogP contribution in [-0.2, 0) is 19.1 Å². The number of fused-ring (bicyclic) bond motifs is 1. The molecule has 2 amide bonds. The first-order valence-corrected chi connectivity index (χ1v) is 13.5. The minimum Gasteiger partial charge on any atom is -0.509 e. The van der Waals surface area contributed by atoms with Gasteiger partial charge >= 0.3 is 5.97 Å². The Morgan fingerprint density at radius 1 is 1.22 bits per heavy atom. The first-order chi connectivity index (χ1) is 17.8. The van der Waals surface area contributed by atoms with Crippen LogP contribution in [0.25, 0.3) is 0 Å². The van der Waals surface area contributed by atoms with Crippen molar-refractivity contribution in [1.29, 1.82) is 0 Å². The maximum Gasteiger partial charge on any atom is 0.319 e. The number of nitroso groups, excluding NO2 is 1. The van der Waals surface area contributed by atoms with Crippen LogP contribution in [0.5, 0.6) is 0 Å². The Morgan fingerprint density at radius 3 is 2.32 bits per heavy atom. The van der Waals surface area contributed by atoms with Gasteiger partial charge in [-0.3, -0.25) is 14.4 Å². The molecular weight excluding hydrogens is 562 g/mol. The Morgan fingerprint density at radius 2 is 1.81 bits per heavy atom. The Bertz CT molecular complexity index is 1200. The van der Waals surface area contributed by atoms with Gasteiger partial charge in [0.1, 0.15) is 22.6 Å². The highest BCUT2D eigenvalue weighted by Crippen LogP contribution is 2.44. The van der Waals surface area contributed by atoms with E-state index >= 15 is 0 Å². The van der Waals surface area contributed by atoms with Gasteiger partial charge in [0.25, 0.3) is 5.91 Å². The number of alkyl halides is 1. The fourth-order valence-corrected chi connectivity index (χ4v) is 6.03. The molecule has 192 valence electrons. The van der Waals surface area contributed by atoms with Crippen molar-refractivity contribution in [2.75, 3.05) is 17.6 Å². The number of hydrogen-bond donors (Lipinski definition) is 2. The van der Waals surface area contributed by atoms with E-state index in [1.807, 2.05) is 60.7 Å². The van der Waals surface area contributed by atoms with Gasteiger partial charge in [-0.1, -0.05) is 82.7 Å². The number of β-lactam (4-membered cyclic amide) rings is 1. The van der Waals surface area contributed by atoms with Crippen molar-refractivity contribution >= 4 is 45.5 Å². The van der Waals surface area contributed by atoms with E-state index in [4.69, 9.17) is 4.74 Å². The molecule has 2 saturated heterocycles. The molecule has 37 heavy (non-hydrogen) atoms. The van der Waals surface area contributed by atoms with Gasteiger partial charge in [0, 0.05) is 12.3 Å². The van der Waals surface area contributed by atoms with Crippen molar-refractivity contribution in [2.45, 2.75) is 17.5 Å². The lowest BCUT2D eigenvalue weighted by Crippen LogP contribution is -2.73. The number of carbonyl (C=O) groups is 3. The summed E-state index contributed by atoms with van der Waals surface area (Å²) in [6.45, 7) is 3.90. The van der Waals surface area contributed by atoms with E-state index in [9.17, 15) is 24.4 Å². The largest absolute Gasteiger partial charge is 0.509 e. The molecule has 0 bridgehead atoms. The summed E-state index contributed by atoms with van der Waals surface area (Å²) in [7, 11) is 0. The Labute approximate surface area is 226 Å². The molecule has 2 aliphatic heterocycles. The molecule has 0 aromatic heterocycles. The molecule has 2 aromatic rings. The molecule has 2 aliphatic rings. The number of thioether (sulfide) groups is 1. The van der Waals surface area contributed by atoms with E-state index in [-0.39, 0.29) is 17.6 Å². The lowest BCUT2D eigenvalue weighted by atomic mass is 9.87. The third-order valence-corrected chi connectivity index (χ3v) is 8.41. The fourth-order valence-electron chi connectivity index (χ4n) is 4.23. The fraction of sp³-hybridized carbons (Fsp3) is 0.269. The number of halogens is 1. The van der Waals surface area contributed by atoms with E-state index < -0.39 is 52.2 Å². The summed E-state index contributed by atoms with van der Waals surface area (Å²) < 4.78 is 6.06. The summed E-state index contributed by atoms with van der Waals surface area (Å²) >= 11 is 4.25. The smallest absolute Gasteiger partial charge is 0.319 e. The Balaban J connectivity index is 1.50. The van der Waals surface area contributed by atoms with Crippen LogP contribution in [0.15, 0.2) is 90.0 Å². The van der Waals surface area contributed by atoms with Crippen LogP contribution in [0.1, 0.15) is 17.2 Å². The number of nitrogens with one attached hydrogen (secondary N) is 1. The Hall–Kier alpha value is -3.44. The van der Waals surface area contributed by atoms with Crippen molar-refractivity contribution in [3.05, 3.63) is 101 Å². The van der Waals surface area contributed by atoms with Crippen LogP contribution in [0, 0.1) is 10.3 Å². The summed E-state index contributed by atoms with van der Waals surface area (Å²) in [5, 5.41) is 14.1. The number of hydrogen-bond acceptors (Lipinski definition) is 8. The van der Waals surface area contributed by atoms with Crippen LogP contribution >= 0.6 is 27.7 Å². The summed E-state index contributed by atoms with van der Waals surface area (Å²) in [5.41, 5.74) is -0.229. The number of esters is 1. The minimum atomic E-state index is -1.16. The number of amides is 2. The van der Waals surface area contributed by atoms with Crippen molar-refractivity contribution in [2.24, 2.45) is 10.6 Å². The maximum absolute atomic E-state index is 13.6. The second-order valence-electron chi connectivity index (χ2n) is 8.61. The first-order valence-electron chi connectivity index (χ1n) is 11.3. The quantitative estimate of drug-likeness (QED) is 0.0871. The first kappa shape index (κ1) is 26.6. The molecule has 2 N–H and O–H groups in total. The topological polar surface area (TPSA) is 125 Å². The van der Waals surface area contributed by atoms with Crippen LogP contribution in [0.2, 0.25) is 0 Å². The highest BCUT2D eigenvalue weighted by molar-refractivity contribution is 9.09. The standard InChI is InChI=1S/C26H24BrN3O6S/c1-2-26(25(34)36-21(16-9-5-3-6-10-16)17-11-7-4-8-12-17)14-30-23(33)20(24(30)37-15-26)28-22(32)19(29-35)18(31)13-27/h2-12,20-21,24,31H,1,13-15H2,(H,28,32)/t20?,24-,26?/m1/s1. The molecule has 0 radical (unpaired) electrons. The molecule has 11 heteroatoms. The number of nitrogens with zero attached hydrogens (tertiary/aromatic N) is 2. The van der Waals surface area contributed by atoms with Gasteiger partial charge in [-0.05, 0) is 16.3 Å². The van der Waals surface area contributed by atoms with Gasteiger partial charge in [0.05, 0.1) is 5.33 Å². The maximum atomic E-state index is 13.6. The molecule has 4 rings (SSSR count). The predicted octanol–water partition coefficient (Wildman–Crippen LogP) is 3.82. The molecule has 2 aromatic carbocycles. The summed E-state index contributed by atoms with van der Waals surface area (Å²) in [5.74, 6) is -2.14. The van der Waals surface area contributed by atoms with Crippen LogP contribution < -0.4 is 5.32 Å². The third kappa shape index (κ3) is 5.19. The van der Waals surface area contributed by atoms with Gasteiger partial charge in [0.2, 0.25) is 11.6 Å².